The highest BCUT2D eigenvalue weighted by atomic mass is 32.2. The Balaban J connectivity index is 1.40. The molecule has 0 bridgehead atoms. The van der Waals surface area contributed by atoms with E-state index in [1.807, 2.05) is 18.9 Å². The van der Waals surface area contributed by atoms with E-state index in [2.05, 4.69) is 15.5 Å². The molecule has 0 radical (unpaired) electrons. The number of nitrogens with zero attached hydrogens (tertiary/aromatic N) is 4. The van der Waals surface area contributed by atoms with Crippen LogP contribution in [0.5, 0.6) is 0 Å². The van der Waals surface area contributed by atoms with Gasteiger partial charge in [0.05, 0.1) is 4.90 Å². The monoisotopic (exact) mass is 462 g/mol. The minimum Gasteiger partial charge on any atom is -0.360 e. The van der Waals surface area contributed by atoms with Crippen LogP contribution in [-0.4, -0.2) is 67.5 Å². The van der Waals surface area contributed by atoms with E-state index in [0.29, 0.717) is 44.2 Å². The second kappa shape index (κ2) is 9.16. The smallest absolute Gasteiger partial charge is 0.273 e. The maximum Gasteiger partial charge on any atom is 0.273 e. The molecule has 4 rings (SSSR count). The zero-order chi connectivity index (χ0) is 22.9. The van der Waals surface area contributed by atoms with Crippen LogP contribution in [0, 0.1) is 0 Å². The van der Waals surface area contributed by atoms with Gasteiger partial charge in [0, 0.05) is 63.0 Å². The molecule has 0 aromatic carbocycles. The van der Waals surface area contributed by atoms with Gasteiger partial charge in [-0.15, -0.1) is 0 Å². The zero-order valence-corrected chi connectivity index (χ0v) is 19.2. The van der Waals surface area contributed by atoms with E-state index in [9.17, 15) is 13.2 Å². The largest absolute Gasteiger partial charge is 0.360 e. The number of piperidine rings is 1. The quantitative estimate of drug-likeness (QED) is 0.600. The van der Waals surface area contributed by atoms with Crippen molar-refractivity contribution in [2.75, 3.05) is 31.6 Å². The Hall–Kier alpha value is -2.50. The molecule has 0 spiro atoms. The van der Waals surface area contributed by atoms with Crippen molar-refractivity contribution in [3.63, 3.8) is 0 Å². The van der Waals surface area contributed by atoms with E-state index < -0.39 is 10.0 Å². The highest BCUT2D eigenvalue weighted by Crippen LogP contribution is 2.40. The summed E-state index contributed by atoms with van der Waals surface area (Å²) in [5.74, 6) is 1.43. The van der Waals surface area contributed by atoms with Crippen molar-refractivity contribution in [2.24, 2.45) is 5.73 Å². The molecule has 0 unspecified atom stereocenters. The average molecular weight is 463 g/mol. The number of hydrogen-bond acceptors (Lipinski definition) is 8. The number of carbonyl (C=O) groups excluding carboxylic acids is 1. The molecule has 1 aliphatic carbocycles. The number of aromatic nitrogens is 2. The lowest BCUT2D eigenvalue weighted by atomic mass is 10.0. The Morgan fingerprint density at radius 1 is 1.34 bits per heavy atom. The number of rotatable bonds is 8. The molecular formula is C21H30N6O4S. The van der Waals surface area contributed by atoms with E-state index in [-0.39, 0.29) is 28.6 Å². The molecule has 2 aliphatic rings. The number of amides is 1. The second-order valence-electron chi connectivity index (χ2n) is 8.61. The van der Waals surface area contributed by atoms with Gasteiger partial charge in [-0.25, -0.2) is 13.4 Å². The molecule has 1 saturated heterocycles. The van der Waals surface area contributed by atoms with Crippen LogP contribution >= 0.6 is 0 Å². The number of anilines is 1. The minimum atomic E-state index is -3.69. The van der Waals surface area contributed by atoms with Gasteiger partial charge in [0.15, 0.2) is 5.69 Å². The Morgan fingerprint density at radius 2 is 2.12 bits per heavy atom. The molecule has 10 nitrogen and oxygen atoms in total. The number of carbonyl (C=O) groups is 1. The first-order valence-electron chi connectivity index (χ1n) is 11.0. The van der Waals surface area contributed by atoms with E-state index in [1.54, 1.807) is 12.1 Å². The number of hydrogen-bond donors (Lipinski definition) is 2. The van der Waals surface area contributed by atoms with Gasteiger partial charge in [-0.2, -0.15) is 4.31 Å². The normalized spacial score (nSPS) is 22.0. The third kappa shape index (κ3) is 4.79. The molecule has 2 aromatic rings. The molecule has 11 heteroatoms. The number of likely N-dealkylation sites (N-methyl/N-ethyl adjacent to an activating group) is 1. The predicted molar refractivity (Wildman–Crippen MR) is 119 cm³/mol. The van der Waals surface area contributed by atoms with Crippen LogP contribution in [-0.2, 0) is 10.0 Å². The van der Waals surface area contributed by atoms with Crippen LogP contribution in [0.3, 0.4) is 0 Å². The summed E-state index contributed by atoms with van der Waals surface area (Å²) in [5, 5.41) is 6.86. The van der Waals surface area contributed by atoms with Crippen LogP contribution < -0.4 is 16.0 Å². The summed E-state index contributed by atoms with van der Waals surface area (Å²) in [7, 11) is -1.87. The fourth-order valence-corrected chi connectivity index (χ4v) is 5.73. The molecule has 1 aliphatic heterocycles. The summed E-state index contributed by atoms with van der Waals surface area (Å²) < 4.78 is 33.4. The molecule has 174 valence electrons. The average Bonchev–Trinajstić information content (AvgIpc) is 3.50. The highest BCUT2D eigenvalue weighted by molar-refractivity contribution is 7.89. The Bertz CT molecular complexity index is 1070. The SMILES string of the molecule is C[C@@H]1C[C@@H](NC(=O)c2cc(C3CC3)on2)CCN1S(=O)(=O)c1ccnc(N(C)CCN)c1. The van der Waals surface area contributed by atoms with Gasteiger partial charge in [0.2, 0.25) is 10.0 Å². The number of pyridine rings is 1. The first kappa shape index (κ1) is 22.7. The molecule has 2 atom stereocenters. The van der Waals surface area contributed by atoms with Crippen molar-refractivity contribution in [3.05, 3.63) is 35.9 Å². The van der Waals surface area contributed by atoms with Crippen LogP contribution in [0.1, 0.15) is 54.8 Å². The number of nitrogens with one attached hydrogen (secondary N) is 1. The van der Waals surface area contributed by atoms with Crippen molar-refractivity contribution in [2.45, 2.75) is 55.5 Å². The topological polar surface area (TPSA) is 135 Å². The Kier molecular flexibility index (Phi) is 6.50. The van der Waals surface area contributed by atoms with E-state index in [1.165, 1.54) is 16.6 Å². The standard InChI is InChI=1S/C21H30N6O4S/c1-14-11-16(24-21(28)18-13-19(31-25-18)15-3-4-15)6-9-27(14)32(29,30)17-5-8-23-20(12-17)26(2)10-7-22/h5,8,12-16H,3-4,6-7,9-11,22H2,1-2H3,(H,24,28)/t14-,16+/m1/s1. The van der Waals surface area contributed by atoms with Crippen LogP contribution in [0.2, 0.25) is 0 Å². The molecule has 3 heterocycles. The molecule has 2 aromatic heterocycles. The van der Waals surface area contributed by atoms with E-state index in [0.717, 1.165) is 18.6 Å². The Labute approximate surface area is 188 Å². The maximum atomic E-state index is 13.3. The van der Waals surface area contributed by atoms with Crippen LogP contribution in [0.25, 0.3) is 0 Å². The van der Waals surface area contributed by atoms with Crippen LogP contribution in [0.15, 0.2) is 33.8 Å². The molecule has 3 N–H and O–H groups in total. The first-order valence-corrected chi connectivity index (χ1v) is 12.4. The summed E-state index contributed by atoms with van der Waals surface area (Å²) in [6.45, 7) is 3.20. The third-order valence-corrected chi connectivity index (χ3v) is 8.08. The molecular weight excluding hydrogens is 432 g/mol. The third-order valence-electron chi connectivity index (χ3n) is 6.07. The molecule has 1 amide bonds. The van der Waals surface area contributed by atoms with Gasteiger partial charge in [-0.1, -0.05) is 5.16 Å². The lowest BCUT2D eigenvalue weighted by molar-refractivity contribution is 0.0905. The highest BCUT2D eigenvalue weighted by Gasteiger charge is 2.36. The zero-order valence-electron chi connectivity index (χ0n) is 18.4. The van der Waals surface area contributed by atoms with Gasteiger partial charge in [-0.3, -0.25) is 4.79 Å². The van der Waals surface area contributed by atoms with Gasteiger partial charge in [-0.05, 0) is 38.7 Å². The summed E-state index contributed by atoms with van der Waals surface area (Å²) in [6.07, 6.45) is 4.68. The predicted octanol–water partition coefficient (Wildman–Crippen LogP) is 1.31. The second-order valence-corrected chi connectivity index (χ2v) is 10.5. The number of nitrogens with two attached hydrogens (primary N) is 1. The van der Waals surface area contributed by atoms with Crippen LogP contribution in [0.4, 0.5) is 5.82 Å². The summed E-state index contributed by atoms with van der Waals surface area (Å²) in [6, 6.07) is 4.40. The van der Waals surface area contributed by atoms with Crippen molar-refractivity contribution in [1.29, 1.82) is 0 Å². The lowest BCUT2D eigenvalue weighted by Crippen LogP contribution is -2.50. The lowest BCUT2D eigenvalue weighted by Gasteiger charge is -2.37. The molecule has 32 heavy (non-hydrogen) atoms. The fraction of sp³-hybridized carbons (Fsp3) is 0.571. The Morgan fingerprint density at radius 3 is 2.81 bits per heavy atom. The summed E-state index contributed by atoms with van der Waals surface area (Å²) >= 11 is 0. The molecule has 1 saturated carbocycles. The van der Waals surface area contributed by atoms with Gasteiger partial charge in [0.1, 0.15) is 11.6 Å². The van der Waals surface area contributed by atoms with Crippen molar-refractivity contribution >= 4 is 21.7 Å². The molecule has 2 fully saturated rings. The summed E-state index contributed by atoms with van der Waals surface area (Å²) in [5.41, 5.74) is 5.87. The number of sulfonamides is 1. The van der Waals surface area contributed by atoms with Gasteiger partial charge >= 0.3 is 0 Å². The van der Waals surface area contributed by atoms with Gasteiger partial charge < -0.3 is 20.5 Å². The summed E-state index contributed by atoms with van der Waals surface area (Å²) in [4.78, 5) is 18.8. The van der Waals surface area contributed by atoms with Gasteiger partial charge in [0.25, 0.3) is 5.91 Å². The van der Waals surface area contributed by atoms with Crippen molar-refractivity contribution in [3.8, 4) is 0 Å². The fourth-order valence-electron chi connectivity index (χ4n) is 4.07. The van der Waals surface area contributed by atoms with E-state index in [4.69, 9.17) is 10.3 Å². The van der Waals surface area contributed by atoms with E-state index >= 15 is 0 Å². The minimum absolute atomic E-state index is 0.131. The maximum absolute atomic E-state index is 13.3. The first-order chi connectivity index (χ1) is 15.3. The van der Waals surface area contributed by atoms with Crippen molar-refractivity contribution < 1.29 is 17.7 Å². The van der Waals surface area contributed by atoms with Crippen molar-refractivity contribution in [1.82, 2.24) is 19.8 Å².